The van der Waals surface area contributed by atoms with Crippen LogP contribution in [0, 0.1) is 9.49 Å². The Labute approximate surface area is 176 Å². The SMILES string of the molecule is C=CCN(C(=O)c1ccccc1I)C(C(=O)NCCCC)C1CCCCC1. The van der Waals surface area contributed by atoms with Gasteiger partial charge in [-0.2, -0.15) is 0 Å². The topological polar surface area (TPSA) is 49.4 Å². The Morgan fingerprint density at radius 3 is 2.63 bits per heavy atom. The van der Waals surface area contributed by atoms with Crippen LogP contribution in [0.15, 0.2) is 36.9 Å². The standard InChI is InChI=1S/C22H31IN2O2/c1-3-5-15-24-21(26)20(17-11-7-6-8-12-17)25(16-4-2)22(27)18-13-9-10-14-19(18)23/h4,9-10,13-14,17,20H,2-3,5-8,11-12,15-16H2,1H3,(H,24,26). The summed E-state index contributed by atoms with van der Waals surface area (Å²) >= 11 is 2.19. The van der Waals surface area contributed by atoms with Crippen molar-refractivity contribution >= 4 is 34.4 Å². The highest BCUT2D eigenvalue weighted by molar-refractivity contribution is 14.1. The van der Waals surface area contributed by atoms with Gasteiger partial charge in [0.2, 0.25) is 5.91 Å². The van der Waals surface area contributed by atoms with Crippen LogP contribution in [0.25, 0.3) is 0 Å². The van der Waals surface area contributed by atoms with Crippen molar-refractivity contribution in [1.82, 2.24) is 10.2 Å². The normalized spacial score (nSPS) is 15.8. The van der Waals surface area contributed by atoms with Crippen LogP contribution in [0.5, 0.6) is 0 Å². The Kier molecular flexibility index (Phi) is 9.31. The Morgan fingerprint density at radius 2 is 2.00 bits per heavy atom. The van der Waals surface area contributed by atoms with Gasteiger partial charge in [0.15, 0.2) is 0 Å². The molecule has 0 bridgehead atoms. The van der Waals surface area contributed by atoms with Gasteiger partial charge >= 0.3 is 0 Å². The highest BCUT2D eigenvalue weighted by Gasteiger charge is 2.37. The lowest BCUT2D eigenvalue weighted by Crippen LogP contribution is -2.54. The minimum Gasteiger partial charge on any atom is -0.354 e. The third-order valence-electron chi connectivity index (χ3n) is 5.22. The first-order valence-electron chi connectivity index (χ1n) is 10.0. The van der Waals surface area contributed by atoms with Crippen LogP contribution >= 0.6 is 22.6 Å². The van der Waals surface area contributed by atoms with Crippen molar-refractivity contribution in [1.29, 1.82) is 0 Å². The summed E-state index contributed by atoms with van der Waals surface area (Å²) in [4.78, 5) is 28.2. The number of amides is 2. The fourth-order valence-corrected chi connectivity index (χ4v) is 4.42. The molecule has 27 heavy (non-hydrogen) atoms. The average molecular weight is 482 g/mol. The molecule has 148 valence electrons. The highest BCUT2D eigenvalue weighted by Crippen LogP contribution is 2.30. The second kappa shape index (κ2) is 11.5. The van der Waals surface area contributed by atoms with Crippen LogP contribution < -0.4 is 5.32 Å². The summed E-state index contributed by atoms with van der Waals surface area (Å²) in [7, 11) is 0. The molecule has 2 amide bonds. The first-order chi connectivity index (χ1) is 13.1. The number of nitrogens with one attached hydrogen (secondary N) is 1. The molecule has 0 aliphatic heterocycles. The van der Waals surface area contributed by atoms with E-state index in [9.17, 15) is 9.59 Å². The number of hydrogen-bond donors (Lipinski definition) is 1. The average Bonchev–Trinajstić information content (AvgIpc) is 2.68. The molecule has 1 saturated carbocycles. The smallest absolute Gasteiger partial charge is 0.255 e. The van der Waals surface area contributed by atoms with Gasteiger partial charge in [-0.05, 0) is 59.9 Å². The van der Waals surface area contributed by atoms with Gasteiger partial charge in [0.1, 0.15) is 6.04 Å². The van der Waals surface area contributed by atoms with E-state index in [1.54, 1.807) is 11.0 Å². The molecule has 1 unspecified atom stereocenters. The van der Waals surface area contributed by atoms with E-state index in [1.807, 2.05) is 24.3 Å². The summed E-state index contributed by atoms with van der Waals surface area (Å²) in [6.45, 7) is 6.99. The largest absolute Gasteiger partial charge is 0.354 e. The van der Waals surface area contributed by atoms with Gasteiger partial charge in [-0.15, -0.1) is 6.58 Å². The number of halogens is 1. The first-order valence-corrected chi connectivity index (χ1v) is 11.1. The van der Waals surface area contributed by atoms with E-state index in [4.69, 9.17) is 0 Å². The number of benzene rings is 1. The zero-order chi connectivity index (χ0) is 19.6. The number of rotatable bonds is 9. The van der Waals surface area contributed by atoms with Crippen LogP contribution in [0.1, 0.15) is 62.2 Å². The van der Waals surface area contributed by atoms with Crippen molar-refractivity contribution < 1.29 is 9.59 Å². The van der Waals surface area contributed by atoms with Gasteiger partial charge in [0, 0.05) is 16.7 Å². The van der Waals surface area contributed by atoms with Crippen LogP contribution in [0.3, 0.4) is 0 Å². The first kappa shape index (κ1) is 21.9. The Bertz CT molecular complexity index is 641. The number of carbonyl (C=O) groups is 2. The number of hydrogen-bond acceptors (Lipinski definition) is 2. The Hall–Kier alpha value is -1.37. The quantitative estimate of drug-likeness (QED) is 0.313. The van der Waals surface area contributed by atoms with Gasteiger partial charge in [-0.25, -0.2) is 0 Å². The zero-order valence-corrected chi connectivity index (χ0v) is 18.4. The molecule has 0 radical (unpaired) electrons. The predicted molar refractivity (Wildman–Crippen MR) is 119 cm³/mol. The summed E-state index contributed by atoms with van der Waals surface area (Å²) in [5.74, 6) is 0.114. The lowest BCUT2D eigenvalue weighted by Gasteiger charge is -2.37. The molecule has 1 aliphatic rings. The van der Waals surface area contributed by atoms with Crippen molar-refractivity contribution in [3.8, 4) is 0 Å². The highest BCUT2D eigenvalue weighted by atomic mass is 127. The maximum absolute atomic E-state index is 13.4. The molecule has 0 spiro atoms. The fraction of sp³-hybridized carbons (Fsp3) is 0.545. The molecule has 4 nitrogen and oxygen atoms in total. The summed E-state index contributed by atoms with van der Waals surface area (Å²) in [5, 5.41) is 3.07. The number of unbranched alkanes of at least 4 members (excludes halogenated alkanes) is 1. The third-order valence-corrected chi connectivity index (χ3v) is 6.16. The van der Waals surface area contributed by atoms with E-state index >= 15 is 0 Å². The minimum absolute atomic E-state index is 0.0171. The van der Waals surface area contributed by atoms with Gasteiger partial charge in [-0.3, -0.25) is 9.59 Å². The van der Waals surface area contributed by atoms with E-state index in [2.05, 4.69) is 41.4 Å². The van der Waals surface area contributed by atoms with Crippen molar-refractivity contribution in [3.63, 3.8) is 0 Å². The predicted octanol–water partition coefficient (Wildman–Crippen LogP) is 4.78. The Balaban J connectivity index is 2.31. The summed E-state index contributed by atoms with van der Waals surface area (Å²) in [6.07, 6.45) is 9.18. The van der Waals surface area contributed by atoms with Crippen LogP contribution in [0.4, 0.5) is 0 Å². The van der Waals surface area contributed by atoms with E-state index in [0.29, 0.717) is 18.7 Å². The zero-order valence-electron chi connectivity index (χ0n) is 16.3. The molecule has 1 aliphatic carbocycles. The second-order valence-corrected chi connectivity index (χ2v) is 8.38. The second-order valence-electron chi connectivity index (χ2n) is 7.21. The van der Waals surface area contributed by atoms with Crippen molar-refractivity contribution in [2.75, 3.05) is 13.1 Å². The van der Waals surface area contributed by atoms with Gasteiger partial charge in [-0.1, -0.05) is 50.8 Å². The van der Waals surface area contributed by atoms with Crippen molar-refractivity contribution in [2.24, 2.45) is 5.92 Å². The molecule has 0 heterocycles. The van der Waals surface area contributed by atoms with Crippen molar-refractivity contribution in [2.45, 2.75) is 57.9 Å². The van der Waals surface area contributed by atoms with Gasteiger partial charge < -0.3 is 10.2 Å². The molecule has 1 N–H and O–H groups in total. The number of nitrogens with zero attached hydrogens (tertiary/aromatic N) is 1. The van der Waals surface area contributed by atoms with Crippen LogP contribution in [0.2, 0.25) is 0 Å². The molecule has 2 rings (SSSR count). The maximum atomic E-state index is 13.4. The van der Waals surface area contributed by atoms with Crippen LogP contribution in [-0.4, -0.2) is 35.8 Å². The molecule has 0 aromatic heterocycles. The maximum Gasteiger partial charge on any atom is 0.255 e. The van der Waals surface area contributed by atoms with E-state index in [-0.39, 0.29) is 17.7 Å². The summed E-state index contributed by atoms with van der Waals surface area (Å²) in [5.41, 5.74) is 0.655. The third kappa shape index (κ3) is 6.06. The minimum atomic E-state index is -0.427. The van der Waals surface area contributed by atoms with E-state index < -0.39 is 6.04 Å². The molecular weight excluding hydrogens is 451 g/mol. The van der Waals surface area contributed by atoms with E-state index in [0.717, 1.165) is 42.1 Å². The summed E-state index contributed by atoms with van der Waals surface area (Å²) in [6, 6.07) is 7.14. The molecule has 1 aromatic rings. The Morgan fingerprint density at radius 1 is 1.30 bits per heavy atom. The lowest BCUT2D eigenvalue weighted by molar-refractivity contribution is -0.127. The monoisotopic (exact) mass is 482 g/mol. The van der Waals surface area contributed by atoms with Crippen molar-refractivity contribution in [3.05, 3.63) is 46.1 Å². The summed E-state index contributed by atoms with van der Waals surface area (Å²) < 4.78 is 0.906. The van der Waals surface area contributed by atoms with E-state index in [1.165, 1.54) is 6.42 Å². The lowest BCUT2D eigenvalue weighted by atomic mass is 9.82. The molecule has 1 atom stereocenters. The molecule has 1 fully saturated rings. The van der Waals surface area contributed by atoms with Gasteiger partial charge in [0.25, 0.3) is 5.91 Å². The molecule has 0 saturated heterocycles. The molecule has 1 aromatic carbocycles. The fourth-order valence-electron chi connectivity index (χ4n) is 3.80. The molecule has 5 heteroatoms. The van der Waals surface area contributed by atoms with Crippen LogP contribution in [-0.2, 0) is 4.79 Å². The number of carbonyl (C=O) groups excluding carboxylic acids is 2. The van der Waals surface area contributed by atoms with Gasteiger partial charge in [0.05, 0.1) is 5.56 Å². The molecular formula is C22H31IN2O2.